The summed E-state index contributed by atoms with van der Waals surface area (Å²) in [7, 11) is 0. The van der Waals surface area contributed by atoms with Gasteiger partial charge in [-0.15, -0.1) is 0 Å². The molecule has 0 aliphatic carbocycles. The molecule has 26 heavy (non-hydrogen) atoms. The minimum Gasteiger partial charge on any atom is -0.451 e. The van der Waals surface area contributed by atoms with Gasteiger partial charge in [0.2, 0.25) is 0 Å². The Hall–Kier alpha value is -2.76. The van der Waals surface area contributed by atoms with Crippen molar-refractivity contribution in [1.29, 1.82) is 0 Å². The summed E-state index contributed by atoms with van der Waals surface area (Å²) >= 11 is 12.4. The number of rotatable bonds is 4. The van der Waals surface area contributed by atoms with Gasteiger partial charge in [0.05, 0.1) is 12.7 Å². The molecule has 0 bridgehead atoms. The summed E-state index contributed by atoms with van der Waals surface area (Å²) in [6, 6.07) is 16.2. The van der Waals surface area contributed by atoms with E-state index in [1.54, 1.807) is 41.2 Å². The van der Waals surface area contributed by atoms with Gasteiger partial charge in [0.25, 0.3) is 5.91 Å². The molecule has 0 aliphatic rings. The largest absolute Gasteiger partial charge is 0.451 e. The first-order valence-electron chi connectivity index (χ1n) is 7.86. The number of para-hydroxylation sites is 1. The van der Waals surface area contributed by atoms with E-state index in [4.69, 9.17) is 27.6 Å². The highest BCUT2D eigenvalue weighted by molar-refractivity contribution is 6.36. The maximum atomic E-state index is 12.5. The summed E-state index contributed by atoms with van der Waals surface area (Å²) in [5.74, 6) is 0.398. The molecule has 0 radical (unpaired) electrons. The van der Waals surface area contributed by atoms with Crippen molar-refractivity contribution in [1.82, 2.24) is 9.78 Å². The van der Waals surface area contributed by atoms with E-state index in [0.29, 0.717) is 28.0 Å². The molecule has 1 N–H and O–H groups in total. The summed E-state index contributed by atoms with van der Waals surface area (Å²) < 4.78 is 7.21. The van der Waals surface area contributed by atoms with Crippen LogP contribution >= 0.6 is 23.2 Å². The number of benzene rings is 2. The molecule has 5 nitrogen and oxygen atoms in total. The SMILES string of the molecule is O=C(Nc1ccnn1Cc1c(Cl)cccc1Cl)c1cc2ccccc2o1. The molecule has 0 unspecified atom stereocenters. The van der Waals surface area contributed by atoms with Crippen LogP contribution in [0.25, 0.3) is 11.0 Å². The Balaban J connectivity index is 1.58. The first-order chi connectivity index (χ1) is 12.6. The van der Waals surface area contributed by atoms with Crippen molar-refractivity contribution in [3.63, 3.8) is 0 Å². The lowest BCUT2D eigenvalue weighted by molar-refractivity contribution is 0.0997. The van der Waals surface area contributed by atoms with Crippen LogP contribution in [-0.4, -0.2) is 15.7 Å². The lowest BCUT2D eigenvalue weighted by Gasteiger charge is -2.10. The lowest BCUT2D eigenvalue weighted by atomic mass is 10.2. The predicted molar refractivity (Wildman–Crippen MR) is 102 cm³/mol. The number of nitrogens with zero attached hydrogens (tertiary/aromatic N) is 2. The summed E-state index contributed by atoms with van der Waals surface area (Å²) in [5.41, 5.74) is 1.40. The Morgan fingerprint density at radius 1 is 1.08 bits per heavy atom. The van der Waals surface area contributed by atoms with Gasteiger partial charge in [-0.25, -0.2) is 4.68 Å². The molecule has 2 aromatic heterocycles. The number of hydrogen-bond donors (Lipinski definition) is 1. The van der Waals surface area contributed by atoms with Crippen molar-refractivity contribution in [3.05, 3.63) is 82.2 Å². The van der Waals surface area contributed by atoms with Crippen molar-refractivity contribution < 1.29 is 9.21 Å². The van der Waals surface area contributed by atoms with Crippen LogP contribution in [0.15, 0.2) is 65.2 Å². The quantitative estimate of drug-likeness (QED) is 0.522. The topological polar surface area (TPSA) is 60.1 Å². The minimum absolute atomic E-state index is 0.231. The van der Waals surface area contributed by atoms with Crippen LogP contribution in [0, 0.1) is 0 Å². The average molecular weight is 386 g/mol. The number of carbonyl (C=O) groups is 1. The second kappa shape index (κ2) is 6.86. The van der Waals surface area contributed by atoms with Crippen molar-refractivity contribution in [3.8, 4) is 0 Å². The Labute approximate surface area is 159 Å². The summed E-state index contributed by atoms with van der Waals surface area (Å²) in [5, 5.41) is 9.00. The molecule has 0 fully saturated rings. The molecule has 130 valence electrons. The van der Waals surface area contributed by atoms with E-state index < -0.39 is 0 Å². The van der Waals surface area contributed by atoms with Crippen LogP contribution in [0.2, 0.25) is 10.0 Å². The molecule has 7 heteroatoms. The molecule has 0 aliphatic heterocycles. The van der Waals surface area contributed by atoms with Crippen LogP contribution in [0.1, 0.15) is 16.1 Å². The fourth-order valence-corrected chi connectivity index (χ4v) is 3.19. The van der Waals surface area contributed by atoms with Crippen LogP contribution in [0.5, 0.6) is 0 Å². The third-order valence-electron chi connectivity index (χ3n) is 3.98. The van der Waals surface area contributed by atoms with Crippen molar-refractivity contribution in [2.75, 3.05) is 5.32 Å². The number of anilines is 1. The standard InChI is InChI=1S/C19H13Cl2N3O2/c20-14-5-3-6-15(21)13(14)11-24-18(8-9-22-24)23-19(25)17-10-12-4-1-2-7-16(12)26-17/h1-10H,11H2,(H,23,25). The third-order valence-corrected chi connectivity index (χ3v) is 4.69. The number of halogens is 2. The fraction of sp³-hybridized carbons (Fsp3) is 0.0526. The summed E-state index contributed by atoms with van der Waals surface area (Å²) in [6.45, 7) is 0.335. The molecule has 4 rings (SSSR count). The maximum absolute atomic E-state index is 12.5. The normalized spacial score (nSPS) is 11.0. The van der Waals surface area contributed by atoms with E-state index in [1.165, 1.54) is 0 Å². The molecular formula is C19H13Cl2N3O2. The zero-order chi connectivity index (χ0) is 18.1. The van der Waals surface area contributed by atoms with Gasteiger partial charge in [0.15, 0.2) is 5.76 Å². The molecular weight excluding hydrogens is 373 g/mol. The zero-order valence-corrected chi connectivity index (χ0v) is 15.0. The van der Waals surface area contributed by atoms with Crippen molar-refractivity contribution in [2.45, 2.75) is 6.54 Å². The fourth-order valence-electron chi connectivity index (χ4n) is 2.67. The van der Waals surface area contributed by atoms with Gasteiger partial charge < -0.3 is 9.73 Å². The number of fused-ring (bicyclic) bond motifs is 1. The number of nitrogens with one attached hydrogen (secondary N) is 1. The van der Waals surface area contributed by atoms with E-state index in [0.717, 1.165) is 10.9 Å². The molecule has 4 aromatic rings. The zero-order valence-electron chi connectivity index (χ0n) is 13.4. The predicted octanol–water partition coefficient (Wildman–Crippen LogP) is 5.24. The highest BCUT2D eigenvalue weighted by Gasteiger charge is 2.15. The molecule has 0 spiro atoms. The Morgan fingerprint density at radius 2 is 1.85 bits per heavy atom. The summed E-state index contributed by atoms with van der Waals surface area (Å²) in [6.07, 6.45) is 1.60. The van der Waals surface area contributed by atoms with Crippen molar-refractivity contribution in [2.24, 2.45) is 0 Å². The van der Waals surface area contributed by atoms with Gasteiger partial charge in [-0.1, -0.05) is 47.5 Å². The monoisotopic (exact) mass is 385 g/mol. The first-order valence-corrected chi connectivity index (χ1v) is 8.62. The van der Waals surface area contributed by atoms with Crippen LogP contribution in [0.3, 0.4) is 0 Å². The lowest BCUT2D eigenvalue weighted by Crippen LogP contribution is -2.15. The van der Waals surface area contributed by atoms with Crippen molar-refractivity contribution >= 4 is 45.9 Å². The van der Waals surface area contributed by atoms with Crippen LogP contribution in [-0.2, 0) is 6.54 Å². The highest BCUT2D eigenvalue weighted by Crippen LogP contribution is 2.26. The van der Waals surface area contributed by atoms with Gasteiger partial charge in [0, 0.05) is 27.1 Å². The minimum atomic E-state index is -0.354. The summed E-state index contributed by atoms with van der Waals surface area (Å²) in [4.78, 5) is 12.5. The van der Waals surface area contributed by atoms with E-state index in [-0.39, 0.29) is 11.7 Å². The van der Waals surface area contributed by atoms with Crippen LogP contribution < -0.4 is 5.32 Å². The Morgan fingerprint density at radius 3 is 2.62 bits per heavy atom. The maximum Gasteiger partial charge on any atom is 0.292 e. The number of carbonyl (C=O) groups excluding carboxylic acids is 1. The van der Waals surface area contributed by atoms with E-state index >= 15 is 0 Å². The molecule has 1 amide bonds. The molecule has 0 atom stereocenters. The van der Waals surface area contributed by atoms with Crippen LogP contribution in [0.4, 0.5) is 5.82 Å². The van der Waals surface area contributed by atoms with Gasteiger partial charge in [-0.3, -0.25) is 4.79 Å². The van der Waals surface area contributed by atoms with E-state index in [9.17, 15) is 4.79 Å². The van der Waals surface area contributed by atoms with Gasteiger partial charge >= 0.3 is 0 Å². The second-order valence-electron chi connectivity index (χ2n) is 5.68. The number of aromatic nitrogens is 2. The Bertz CT molecular complexity index is 1050. The number of amides is 1. The first kappa shape index (κ1) is 16.7. The molecule has 0 saturated heterocycles. The second-order valence-corrected chi connectivity index (χ2v) is 6.49. The van der Waals surface area contributed by atoms with E-state index in [1.807, 2.05) is 24.3 Å². The smallest absolute Gasteiger partial charge is 0.292 e. The number of furan rings is 1. The van der Waals surface area contributed by atoms with Gasteiger partial charge in [-0.2, -0.15) is 5.10 Å². The number of hydrogen-bond acceptors (Lipinski definition) is 3. The molecule has 2 aromatic carbocycles. The molecule has 0 saturated carbocycles. The average Bonchev–Trinajstić information content (AvgIpc) is 3.25. The Kier molecular flexibility index (Phi) is 4.41. The van der Waals surface area contributed by atoms with Gasteiger partial charge in [-0.05, 0) is 24.3 Å². The highest BCUT2D eigenvalue weighted by atomic mass is 35.5. The third kappa shape index (κ3) is 3.19. The van der Waals surface area contributed by atoms with E-state index in [2.05, 4.69) is 10.4 Å². The molecule has 2 heterocycles. The van der Waals surface area contributed by atoms with Gasteiger partial charge in [0.1, 0.15) is 11.4 Å².